The summed E-state index contributed by atoms with van der Waals surface area (Å²) in [5.74, 6) is 0. The van der Waals surface area contributed by atoms with Gasteiger partial charge in [-0.3, -0.25) is 0 Å². The lowest BCUT2D eigenvalue weighted by atomic mass is 9.93. The van der Waals surface area contributed by atoms with Gasteiger partial charge in [-0.1, -0.05) is 60.4 Å². The van der Waals surface area contributed by atoms with Gasteiger partial charge in [-0.2, -0.15) is 0 Å². The SMILES string of the molecule is CC(C)(C)CCOC(CBr)c1cccc(Cl)c1. The Bertz CT molecular complexity index is 346. The summed E-state index contributed by atoms with van der Waals surface area (Å²) in [5, 5.41) is 1.55. The van der Waals surface area contributed by atoms with Gasteiger partial charge in [0.1, 0.15) is 0 Å². The van der Waals surface area contributed by atoms with Crippen LogP contribution in [-0.4, -0.2) is 11.9 Å². The molecule has 0 radical (unpaired) electrons. The van der Waals surface area contributed by atoms with Gasteiger partial charge in [-0.25, -0.2) is 0 Å². The predicted octanol–water partition coefficient (Wildman–Crippen LogP) is 5.23. The van der Waals surface area contributed by atoms with E-state index in [1.807, 2.05) is 18.2 Å². The Labute approximate surface area is 118 Å². The first-order chi connectivity index (χ1) is 7.92. The molecule has 0 aliphatic heterocycles. The van der Waals surface area contributed by atoms with Gasteiger partial charge in [0.2, 0.25) is 0 Å². The number of alkyl halides is 1. The molecule has 17 heavy (non-hydrogen) atoms. The van der Waals surface area contributed by atoms with E-state index >= 15 is 0 Å². The minimum Gasteiger partial charge on any atom is -0.373 e. The molecule has 1 unspecified atom stereocenters. The smallest absolute Gasteiger partial charge is 0.0922 e. The number of halogens is 2. The Morgan fingerprint density at radius 2 is 2.06 bits per heavy atom. The minimum atomic E-state index is 0.0797. The molecule has 1 aromatic rings. The van der Waals surface area contributed by atoms with Crippen LogP contribution in [0.4, 0.5) is 0 Å². The molecule has 0 saturated heterocycles. The maximum Gasteiger partial charge on any atom is 0.0922 e. The van der Waals surface area contributed by atoms with Gasteiger partial charge in [0.05, 0.1) is 6.10 Å². The van der Waals surface area contributed by atoms with Gasteiger partial charge in [-0.05, 0) is 29.5 Å². The molecule has 96 valence electrons. The summed E-state index contributed by atoms with van der Waals surface area (Å²) in [7, 11) is 0. The standard InChI is InChI=1S/C14H20BrClO/c1-14(2,3)7-8-17-13(10-15)11-5-4-6-12(16)9-11/h4-6,9,13H,7-8,10H2,1-3H3. The first-order valence-electron chi connectivity index (χ1n) is 5.85. The molecule has 1 nitrogen and oxygen atoms in total. The van der Waals surface area contributed by atoms with Crippen molar-refractivity contribution in [3.8, 4) is 0 Å². The van der Waals surface area contributed by atoms with Crippen LogP contribution < -0.4 is 0 Å². The Hall–Kier alpha value is -0.0500. The molecule has 1 rings (SSSR count). The van der Waals surface area contributed by atoms with Crippen molar-refractivity contribution in [2.75, 3.05) is 11.9 Å². The molecule has 1 atom stereocenters. The average Bonchev–Trinajstić information content (AvgIpc) is 2.23. The second kappa shape index (κ2) is 6.77. The number of benzene rings is 1. The largest absolute Gasteiger partial charge is 0.373 e. The van der Waals surface area contributed by atoms with Crippen LogP contribution in [0.3, 0.4) is 0 Å². The molecule has 0 aromatic heterocycles. The summed E-state index contributed by atoms with van der Waals surface area (Å²) in [6.07, 6.45) is 1.13. The lowest BCUT2D eigenvalue weighted by Crippen LogP contribution is -2.13. The molecule has 3 heteroatoms. The molecule has 0 bridgehead atoms. The maximum absolute atomic E-state index is 5.98. The number of ether oxygens (including phenoxy) is 1. The lowest BCUT2D eigenvalue weighted by molar-refractivity contribution is 0.0521. The van der Waals surface area contributed by atoms with Crippen molar-refractivity contribution in [2.45, 2.75) is 33.3 Å². The van der Waals surface area contributed by atoms with Crippen LogP contribution in [0.1, 0.15) is 38.9 Å². The normalized spacial score (nSPS) is 13.7. The Morgan fingerprint density at radius 3 is 2.59 bits per heavy atom. The fraction of sp³-hybridized carbons (Fsp3) is 0.571. The predicted molar refractivity (Wildman–Crippen MR) is 78.0 cm³/mol. The molecule has 0 spiro atoms. The Balaban J connectivity index is 2.54. The highest BCUT2D eigenvalue weighted by atomic mass is 79.9. The summed E-state index contributed by atoms with van der Waals surface area (Å²) < 4.78 is 5.90. The van der Waals surface area contributed by atoms with Crippen LogP contribution in [0.2, 0.25) is 5.02 Å². The van der Waals surface area contributed by atoms with E-state index in [1.165, 1.54) is 0 Å². The van der Waals surface area contributed by atoms with E-state index in [0.29, 0.717) is 5.41 Å². The third-order valence-electron chi connectivity index (χ3n) is 2.53. The zero-order valence-electron chi connectivity index (χ0n) is 10.7. The summed E-state index contributed by atoms with van der Waals surface area (Å²) >= 11 is 9.47. The van der Waals surface area contributed by atoms with Gasteiger partial charge in [0.15, 0.2) is 0 Å². The van der Waals surface area contributed by atoms with Crippen molar-refractivity contribution in [1.29, 1.82) is 0 Å². The molecule has 0 aliphatic carbocycles. The quantitative estimate of drug-likeness (QED) is 0.675. The van der Waals surface area contributed by atoms with Crippen LogP contribution in [0.15, 0.2) is 24.3 Å². The topological polar surface area (TPSA) is 9.23 Å². The molecule has 0 aliphatic rings. The number of hydrogen-bond donors (Lipinski definition) is 0. The van der Waals surface area contributed by atoms with Gasteiger partial charge in [-0.15, -0.1) is 0 Å². The van der Waals surface area contributed by atoms with E-state index in [4.69, 9.17) is 16.3 Å². The van der Waals surface area contributed by atoms with Crippen molar-refractivity contribution in [1.82, 2.24) is 0 Å². The average molecular weight is 320 g/mol. The molecule has 0 heterocycles. The zero-order valence-corrected chi connectivity index (χ0v) is 13.0. The molecular formula is C14H20BrClO. The van der Waals surface area contributed by atoms with Gasteiger partial charge in [0, 0.05) is 17.0 Å². The van der Waals surface area contributed by atoms with E-state index in [1.54, 1.807) is 0 Å². The molecular weight excluding hydrogens is 300 g/mol. The summed E-state index contributed by atoms with van der Waals surface area (Å²) in [4.78, 5) is 0. The van der Waals surface area contributed by atoms with Gasteiger partial charge >= 0.3 is 0 Å². The van der Waals surface area contributed by atoms with E-state index < -0.39 is 0 Å². The van der Waals surface area contributed by atoms with E-state index in [9.17, 15) is 0 Å². The third-order valence-corrected chi connectivity index (χ3v) is 3.35. The van der Waals surface area contributed by atoms with E-state index in [2.05, 4.69) is 42.8 Å². The molecule has 0 fully saturated rings. The van der Waals surface area contributed by atoms with Crippen LogP contribution >= 0.6 is 27.5 Å². The van der Waals surface area contributed by atoms with Gasteiger partial charge in [0.25, 0.3) is 0 Å². The highest BCUT2D eigenvalue weighted by molar-refractivity contribution is 9.09. The van der Waals surface area contributed by atoms with Crippen LogP contribution in [0, 0.1) is 5.41 Å². The lowest BCUT2D eigenvalue weighted by Gasteiger charge is -2.21. The highest BCUT2D eigenvalue weighted by Crippen LogP contribution is 2.25. The first-order valence-corrected chi connectivity index (χ1v) is 7.35. The summed E-state index contributed by atoms with van der Waals surface area (Å²) in [5.41, 5.74) is 1.44. The van der Waals surface area contributed by atoms with Crippen molar-refractivity contribution in [3.05, 3.63) is 34.9 Å². The van der Waals surface area contributed by atoms with Crippen molar-refractivity contribution >= 4 is 27.5 Å². The minimum absolute atomic E-state index is 0.0797. The molecule has 0 amide bonds. The molecule has 0 N–H and O–H groups in total. The zero-order chi connectivity index (χ0) is 12.9. The monoisotopic (exact) mass is 318 g/mol. The van der Waals surface area contributed by atoms with E-state index in [-0.39, 0.29) is 6.10 Å². The third kappa shape index (κ3) is 5.89. The fourth-order valence-corrected chi connectivity index (χ4v) is 2.20. The van der Waals surface area contributed by atoms with Crippen molar-refractivity contribution in [2.24, 2.45) is 5.41 Å². The maximum atomic E-state index is 5.98. The number of rotatable bonds is 5. The van der Waals surface area contributed by atoms with Gasteiger partial charge < -0.3 is 4.74 Å². The van der Waals surface area contributed by atoms with E-state index in [0.717, 1.165) is 28.9 Å². The van der Waals surface area contributed by atoms with Crippen LogP contribution in [0.5, 0.6) is 0 Å². The van der Waals surface area contributed by atoms with Crippen molar-refractivity contribution in [3.63, 3.8) is 0 Å². The Kier molecular flexibility index (Phi) is 5.98. The second-order valence-electron chi connectivity index (χ2n) is 5.38. The molecule has 1 aromatic carbocycles. The number of hydrogen-bond acceptors (Lipinski definition) is 1. The highest BCUT2D eigenvalue weighted by Gasteiger charge is 2.14. The van der Waals surface area contributed by atoms with Crippen molar-refractivity contribution < 1.29 is 4.74 Å². The summed E-state index contributed by atoms with van der Waals surface area (Å²) in [6.45, 7) is 7.43. The van der Waals surface area contributed by atoms with Crippen LogP contribution in [0.25, 0.3) is 0 Å². The Morgan fingerprint density at radius 1 is 1.35 bits per heavy atom. The fourth-order valence-electron chi connectivity index (χ4n) is 1.44. The first kappa shape index (κ1) is 15.0. The van der Waals surface area contributed by atoms with Crippen LogP contribution in [-0.2, 0) is 4.74 Å². The molecule has 0 saturated carbocycles. The summed E-state index contributed by atoms with van der Waals surface area (Å²) in [6, 6.07) is 7.85. The second-order valence-corrected chi connectivity index (χ2v) is 6.46.